The predicted molar refractivity (Wildman–Crippen MR) is 83.5 cm³/mol. The summed E-state index contributed by atoms with van der Waals surface area (Å²) in [4.78, 5) is 20.6. The third-order valence-corrected chi connectivity index (χ3v) is 3.86. The van der Waals surface area contributed by atoms with Crippen LogP contribution in [0.5, 0.6) is 0 Å². The van der Waals surface area contributed by atoms with Gasteiger partial charge in [0.1, 0.15) is 0 Å². The number of benzene rings is 1. The zero-order valence-electron chi connectivity index (χ0n) is 12.2. The highest BCUT2D eigenvalue weighted by molar-refractivity contribution is 5.94. The molecule has 0 bridgehead atoms. The molecular weight excluding hydrogens is 262 g/mol. The van der Waals surface area contributed by atoms with Crippen molar-refractivity contribution in [2.75, 3.05) is 31.1 Å². The van der Waals surface area contributed by atoms with Crippen LogP contribution in [0.25, 0.3) is 0 Å². The smallest absolute Gasteiger partial charge is 0.254 e. The molecule has 1 fully saturated rings. The molecule has 0 spiro atoms. The Kier molecular flexibility index (Phi) is 3.86. The van der Waals surface area contributed by atoms with Gasteiger partial charge in [0, 0.05) is 49.8 Å². The van der Waals surface area contributed by atoms with E-state index >= 15 is 0 Å². The fourth-order valence-electron chi connectivity index (χ4n) is 2.67. The van der Waals surface area contributed by atoms with Crippen LogP contribution in [0.15, 0.2) is 48.8 Å². The van der Waals surface area contributed by atoms with Gasteiger partial charge in [-0.25, -0.2) is 0 Å². The SMILES string of the molecule is Cc1cccc(N2CCN(C(=O)c3ccncc3)CC2)c1. The molecule has 0 radical (unpaired) electrons. The Labute approximate surface area is 125 Å². The van der Waals surface area contributed by atoms with Gasteiger partial charge in [0.15, 0.2) is 0 Å². The van der Waals surface area contributed by atoms with E-state index in [4.69, 9.17) is 0 Å². The van der Waals surface area contributed by atoms with Crippen LogP contribution in [0.4, 0.5) is 5.69 Å². The molecule has 1 aliphatic rings. The van der Waals surface area contributed by atoms with Crippen LogP contribution in [0.3, 0.4) is 0 Å². The first kappa shape index (κ1) is 13.6. The number of rotatable bonds is 2. The summed E-state index contributed by atoms with van der Waals surface area (Å²) in [5.74, 6) is 0.0984. The third-order valence-electron chi connectivity index (χ3n) is 3.86. The van der Waals surface area contributed by atoms with Crippen LogP contribution in [0, 0.1) is 6.92 Å². The Bertz CT molecular complexity index is 619. The molecule has 0 N–H and O–H groups in total. The van der Waals surface area contributed by atoms with E-state index in [1.54, 1.807) is 24.5 Å². The monoisotopic (exact) mass is 281 g/mol. The summed E-state index contributed by atoms with van der Waals surface area (Å²) in [5, 5.41) is 0. The summed E-state index contributed by atoms with van der Waals surface area (Å²) < 4.78 is 0. The van der Waals surface area contributed by atoms with Crippen molar-refractivity contribution in [1.82, 2.24) is 9.88 Å². The number of amides is 1. The zero-order chi connectivity index (χ0) is 14.7. The lowest BCUT2D eigenvalue weighted by atomic mass is 10.1. The van der Waals surface area contributed by atoms with Crippen LogP contribution in [0.2, 0.25) is 0 Å². The molecule has 1 aromatic carbocycles. The molecule has 4 nitrogen and oxygen atoms in total. The van der Waals surface area contributed by atoms with Gasteiger partial charge in [0.25, 0.3) is 5.91 Å². The second-order valence-electron chi connectivity index (χ2n) is 5.35. The van der Waals surface area contributed by atoms with Crippen LogP contribution >= 0.6 is 0 Å². The molecule has 4 heteroatoms. The van der Waals surface area contributed by atoms with Gasteiger partial charge in [-0.2, -0.15) is 0 Å². The van der Waals surface area contributed by atoms with Gasteiger partial charge in [-0.05, 0) is 36.8 Å². The van der Waals surface area contributed by atoms with Crippen molar-refractivity contribution in [2.45, 2.75) is 6.92 Å². The van der Waals surface area contributed by atoms with Crippen LogP contribution in [-0.2, 0) is 0 Å². The van der Waals surface area contributed by atoms with Gasteiger partial charge >= 0.3 is 0 Å². The number of aryl methyl sites for hydroxylation is 1. The molecule has 2 heterocycles. The number of carbonyl (C=O) groups excluding carboxylic acids is 1. The lowest BCUT2D eigenvalue weighted by molar-refractivity contribution is 0.0746. The largest absolute Gasteiger partial charge is 0.368 e. The molecule has 1 aliphatic heterocycles. The molecule has 0 saturated carbocycles. The molecule has 108 valence electrons. The summed E-state index contributed by atoms with van der Waals surface area (Å²) >= 11 is 0. The van der Waals surface area contributed by atoms with Crippen molar-refractivity contribution in [3.63, 3.8) is 0 Å². The molecule has 2 aromatic rings. The predicted octanol–water partition coefficient (Wildman–Crippen LogP) is 2.35. The summed E-state index contributed by atoms with van der Waals surface area (Å²) in [5.41, 5.74) is 3.22. The molecule has 1 saturated heterocycles. The second kappa shape index (κ2) is 5.95. The Morgan fingerprint density at radius 2 is 1.76 bits per heavy atom. The van der Waals surface area contributed by atoms with E-state index in [1.807, 2.05) is 4.90 Å². The first-order valence-electron chi connectivity index (χ1n) is 7.25. The molecule has 0 atom stereocenters. The first-order chi connectivity index (χ1) is 10.2. The summed E-state index contributed by atoms with van der Waals surface area (Å²) in [6.07, 6.45) is 3.33. The number of piperazine rings is 1. The van der Waals surface area contributed by atoms with E-state index < -0.39 is 0 Å². The van der Waals surface area contributed by atoms with Crippen LogP contribution in [0.1, 0.15) is 15.9 Å². The molecule has 3 rings (SSSR count). The summed E-state index contributed by atoms with van der Waals surface area (Å²) in [6, 6.07) is 12.1. The van der Waals surface area contributed by atoms with E-state index in [0.29, 0.717) is 5.56 Å². The minimum atomic E-state index is 0.0984. The fourth-order valence-corrected chi connectivity index (χ4v) is 2.67. The average Bonchev–Trinajstić information content (AvgIpc) is 2.55. The number of carbonyl (C=O) groups is 1. The van der Waals surface area contributed by atoms with Gasteiger partial charge < -0.3 is 9.80 Å². The maximum atomic E-state index is 12.4. The normalized spacial score (nSPS) is 15.1. The summed E-state index contributed by atoms with van der Waals surface area (Å²) in [7, 11) is 0. The Balaban J connectivity index is 1.64. The van der Waals surface area contributed by atoms with Gasteiger partial charge in [-0.15, -0.1) is 0 Å². The van der Waals surface area contributed by atoms with Crippen LogP contribution < -0.4 is 4.90 Å². The van der Waals surface area contributed by atoms with Crippen molar-refractivity contribution in [3.05, 3.63) is 59.9 Å². The zero-order valence-corrected chi connectivity index (χ0v) is 12.2. The third kappa shape index (κ3) is 3.05. The fraction of sp³-hybridized carbons (Fsp3) is 0.294. The topological polar surface area (TPSA) is 36.4 Å². The Hall–Kier alpha value is -2.36. The maximum Gasteiger partial charge on any atom is 0.254 e. The van der Waals surface area contributed by atoms with Gasteiger partial charge in [0.2, 0.25) is 0 Å². The quantitative estimate of drug-likeness (QED) is 0.848. The maximum absolute atomic E-state index is 12.4. The van der Waals surface area contributed by atoms with Gasteiger partial charge in [0.05, 0.1) is 0 Å². The van der Waals surface area contributed by atoms with Gasteiger partial charge in [-0.1, -0.05) is 12.1 Å². The number of hydrogen-bond donors (Lipinski definition) is 0. The van der Waals surface area contributed by atoms with Crippen LogP contribution in [-0.4, -0.2) is 42.0 Å². The Morgan fingerprint density at radius 1 is 1.05 bits per heavy atom. The summed E-state index contributed by atoms with van der Waals surface area (Å²) in [6.45, 7) is 5.37. The van der Waals surface area contributed by atoms with Crippen molar-refractivity contribution < 1.29 is 4.79 Å². The van der Waals surface area contributed by atoms with E-state index in [1.165, 1.54) is 11.3 Å². The average molecular weight is 281 g/mol. The molecule has 0 aliphatic carbocycles. The van der Waals surface area contributed by atoms with E-state index in [2.05, 4.69) is 41.1 Å². The standard InChI is InChI=1S/C17H19N3O/c1-14-3-2-4-16(13-14)19-9-11-20(12-10-19)17(21)15-5-7-18-8-6-15/h2-8,13H,9-12H2,1H3. The van der Waals surface area contributed by atoms with Crippen molar-refractivity contribution in [1.29, 1.82) is 0 Å². The number of pyridine rings is 1. The number of nitrogens with zero attached hydrogens (tertiary/aromatic N) is 3. The van der Waals surface area contributed by atoms with Gasteiger partial charge in [-0.3, -0.25) is 9.78 Å². The molecular formula is C17H19N3O. The van der Waals surface area contributed by atoms with Crippen molar-refractivity contribution in [3.8, 4) is 0 Å². The highest BCUT2D eigenvalue weighted by Gasteiger charge is 2.22. The number of anilines is 1. The molecule has 1 amide bonds. The van der Waals surface area contributed by atoms with Crippen molar-refractivity contribution in [2.24, 2.45) is 0 Å². The first-order valence-corrected chi connectivity index (χ1v) is 7.25. The molecule has 0 unspecified atom stereocenters. The highest BCUT2D eigenvalue weighted by Crippen LogP contribution is 2.18. The van der Waals surface area contributed by atoms with E-state index in [0.717, 1.165) is 26.2 Å². The lowest BCUT2D eigenvalue weighted by Crippen LogP contribution is -2.48. The lowest BCUT2D eigenvalue weighted by Gasteiger charge is -2.36. The van der Waals surface area contributed by atoms with E-state index in [9.17, 15) is 4.79 Å². The van der Waals surface area contributed by atoms with E-state index in [-0.39, 0.29) is 5.91 Å². The second-order valence-corrected chi connectivity index (χ2v) is 5.35. The highest BCUT2D eigenvalue weighted by atomic mass is 16.2. The minimum absolute atomic E-state index is 0.0984. The number of aromatic nitrogens is 1. The molecule has 21 heavy (non-hydrogen) atoms. The Morgan fingerprint density at radius 3 is 2.43 bits per heavy atom. The molecule has 1 aromatic heterocycles. The minimum Gasteiger partial charge on any atom is -0.368 e. The van der Waals surface area contributed by atoms with Crippen molar-refractivity contribution >= 4 is 11.6 Å². The number of hydrogen-bond acceptors (Lipinski definition) is 3.